The van der Waals surface area contributed by atoms with Crippen molar-refractivity contribution in [3.8, 4) is 0 Å². The van der Waals surface area contributed by atoms with Crippen molar-refractivity contribution in [1.29, 1.82) is 0 Å². The van der Waals surface area contributed by atoms with Gasteiger partial charge < -0.3 is 20.9 Å². The number of rotatable bonds is 10. The molecule has 1 amide bonds. The van der Waals surface area contributed by atoms with Crippen LogP contribution in [0.2, 0.25) is 0 Å². The van der Waals surface area contributed by atoms with Crippen molar-refractivity contribution in [2.24, 2.45) is 23.5 Å². The second-order valence-corrected chi connectivity index (χ2v) is 6.41. The molecule has 2 atom stereocenters. The van der Waals surface area contributed by atoms with E-state index in [-0.39, 0.29) is 12.5 Å². The summed E-state index contributed by atoms with van der Waals surface area (Å²) in [6, 6.07) is -1.30. The molecule has 0 heterocycles. The highest BCUT2D eigenvalue weighted by Gasteiger charge is 2.39. The molecule has 0 aliphatic heterocycles. The highest BCUT2D eigenvalue weighted by molar-refractivity contribution is 5.86. The summed E-state index contributed by atoms with van der Waals surface area (Å²) in [4.78, 5) is 22.5. The van der Waals surface area contributed by atoms with Crippen molar-refractivity contribution in [3.05, 3.63) is 12.2 Å². The van der Waals surface area contributed by atoms with Crippen LogP contribution in [0, 0.1) is 17.8 Å². The molecule has 22 heavy (non-hydrogen) atoms. The molecule has 0 aromatic heterocycles. The van der Waals surface area contributed by atoms with Crippen LogP contribution in [0.1, 0.15) is 32.1 Å². The number of allylic oxidation sites excluding steroid dienone is 1. The molecule has 0 saturated heterocycles. The van der Waals surface area contributed by atoms with Gasteiger partial charge in [-0.15, -0.1) is 0 Å². The fraction of sp³-hybridized carbons (Fsp3) is 0.750. The Morgan fingerprint density at radius 2 is 1.86 bits per heavy atom. The van der Waals surface area contributed by atoms with Gasteiger partial charge in [-0.3, -0.25) is 9.59 Å². The van der Waals surface area contributed by atoms with Gasteiger partial charge in [0.15, 0.2) is 0 Å². The average Bonchev–Trinajstić information content (AvgIpc) is 3.32. The summed E-state index contributed by atoms with van der Waals surface area (Å²) in [6.45, 7) is 0.351. The highest BCUT2D eigenvalue weighted by Crippen LogP contribution is 2.49. The molecule has 124 valence electrons. The summed E-state index contributed by atoms with van der Waals surface area (Å²) < 4.78 is 5.13. The van der Waals surface area contributed by atoms with Gasteiger partial charge in [0.1, 0.15) is 0 Å². The second-order valence-electron chi connectivity index (χ2n) is 6.41. The molecular formula is C16H26N2O4. The Morgan fingerprint density at radius 1 is 1.27 bits per heavy atom. The minimum absolute atomic E-state index is 0.266. The average molecular weight is 310 g/mol. The van der Waals surface area contributed by atoms with E-state index in [4.69, 9.17) is 15.6 Å². The van der Waals surface area contributed by atoms with Gasteiger partial charge in [-0.05, 0) is 43.4 Å². The Kier molecular flexibility index (Phi) is 5.97. The van der Waals surface area contributed by atoms with E-state index in [1.54, 1.807) is 7.11 Å². The maximum Gasteiger partial charge on any atom is 0.305 e. The van der Waals surface area contributed by atoms with Crippen molar-refractivity contribution in [2.45, 2.75) is 44.2 Å². The molecule has 2 fully saturated rings. The maximum atomic E-state index is 11.9. The standard InChI is InChI=1S/C16H26N2O4/c1-22-9-12(18-16(21)14(17)8-15(19)20)6-7-13(10-2-3-10)11-4-5-11/h6-7,10-14H,2-5,8-9,17H2,1H3,(H,18,21)(H,19,20)/t12?,14-/m0/s1. The first-order chi connectivity index (χ1) is 10.5. The van der Waals surface area contributed by atoms with E-state index in [2.05, 4.69) is 11.4 Å². The molecule has 2 saturated carbocycles. The lowest BCUT2D eigenvalue weighted by Gasteiger charge is -2.18. The van der Waals surface area contributed by atoms with Crippen LogP contribution >= 0.6 is 0 Å². The zero-order valence-electron chi connectivity index (χ0n) is 13.0. The van der Waals surface area contributed by atoms with E-state index in [0.717, 1.165) is 11.8 Å². The zero-order chi connectivity index (χ0) is 16.1. The van der Waals surface area contributed by atoms with Crippen LogP contribution < -0.4 is 11.1 Å². The Balaban J connectivity index is 1.87. The van der Waals surface area contributed by atoms with E-state index in [9.17, 15) is 9.59 Å². The summed E-state index contributed by atoms with van der Waals surface area (Å²) >= 11 is 0. The van der Waals surface area contributed by atoms with E-state index in [1.165, 1.54) is 25.7 Å². The first kappa shape index (κ1) is 17.0. The van der Waals surface area contributed by atoms with Gasteiger partial charge in [0.2, 0.25) is 5.91 Å². The third-order valence-corrected chi connectivity index (χ3v) is 4.30. The monoisotopic (exact) mass is 310 g/mol. The SMILES string of the molecule is COCC(C=CC(C1CC1)C1CC1)NC(=O)[C@@H](N)CC(=O)O. The number of carbonyl (C=O) groups excluding carboxylic acids is 1. The molecule has 0 spiro atoms. The highest BCUT2D eigenvalue weighted by atomic mass is 16.5. The molecule has 0 bridgehead atoms. The van der Waals surface area contributed by atoms with E-state index < -0.39 is 17.9 Å². The molecule has 2 aliphatic rings. The van der Waals surface area contributed by atoms with Crippen LogP contribution in [0.5, 0.6) is 0 Å². The Hall–Kier alpha value is -1.40. The number of ether oxygens (including phenoxy) is 1. The molecule has 0 radical (unpaired) electrons. The summed E-state index contributed by atoms with van der Waals surface area (Å²) in [5.41, 5.74) is 5.58. The number of amides is 1. The number of carboxylic acids is 1. The number of carbonyl (C=O) groups is 2. The molecular weight excluding hydrogens is 284 g/mol. The molecule has 4 N–H and O–H groups in total. The largest absolute Gasteiger partial charge is 0.481 e. The number of hydrogen-bond acceptors (Lipinski definition) is 4. The molecule has 0 aromatic rings. The van der Waals surface area contributed by atoms with Gasteiger partial charge in [0.25, 0.3) is 0 Å². The first-order valence-corrected chi connectivity index (χ1v) is 7.96. The smallest absolute Gasteiger partial charge is 0.305 e. The number of nitrogens with two attached hydrogens (primary N) is 1. The summed E-state index contributed by atoms with van der Waals surface area (Å²) in [6.07, 6.45) is 9.03. The molecule has 0 aromatic carbocycles. The summed E-state index contributed by atoms with van der Waals surface area (Å²) in [5.74, 6) is 0.685. The maximum absolute atomic E-state index is 11.9. The fourth-order valence-corrected chi connectivity index (χ4v) is 2.82. The molecule has 1 unspecified atom stereocenters. The molecule has 6 nitrogen and oxygen atoms in total. The predicted molar refractivity (Wildman–Crippen MR) is 82.1 cm³/mol. The van der Waals surface area contributed by atoms with E-state index >= 15 is 0 Å². The van der Waals surface area contributed by atoms with Crippen molar-refractivity contribution in [1.82, 2.24) is 5.32 Å². The van der Waals surface area contributed by atoms with Crippen LogP contribution in [0.3, 0.4) is 0 Å². The number of nitrogens with one attached hydrogen (secondary N) is 1. The van der Waals surface area contributed by atoms with Gasteiger partial charge in [-0.1, -0.05) is 12.2 Å². The van der Waals surface area contributed by atoms with Crippen molar-refractivity contribution in [3.63, 3.8) is 0 Å². The zero-order valence-corrected chi connectivity index (χ0v) is 13.0. The quantitative estimate of drug-likeness (QED) is 0.521. The first-order valence-electron chi connectivity index (χ1n) is 7.96. The molecule has 6 heteroatoms. The van der Waals surface area contributed by atoms with Crippen LogP contribution in [-0.2, 0) is 14.3 Å². The number of aliphatic carboxylic acids is 1. The lowest BCUT2D eigenvalue weighted by molar-refractivity contribution is -0.139. The van der Waals surface area contributed by atoms with Crippen LogP contribution in [0.15, 0.2) is 12.2 Å². The van der Waals surface area contributed by atoms with Gasteiger partial charge in [0, 0.05) is 7.11 Å². The van der Waals surface area contributed by atoms with Crippen molar-refractivity contribution in [2.75, 3.05) is 13.7 Å². The normalized spacial score (nSPS) is 21.0. The summed E-state index contributed by atoms with van der Waals surface area (Å²) in [7, 11) is 1.57. The van der Waals surface area contributed by atoms with Crippen LogP contribution in [0.4, 0.5) is 0 Å². The van der Waals surface area contributed by atoms with Gasteiger partial charge >= 0.3 is 5.97 Å². The van der Waals surface area contributed by atoms with Crippen molar-refractivity contribution < 1.29 is 19.4 Å². The Bertz CT molecular complexity index is 418. The summed E-state index contributed by atoms with van der Waals surface area (Å²) in [5, 5.41) is 11.4. The lowest BCUT2D eigenvalue weighted by Crippen LogP contribution is -2.47. The van der Waals surface area contributed by atoms with E-state index in [0.29, 0.717) is 12.5 Å². The second kappa shape index (κ2) is 7.74. The van der Waals surface area contributed by atoms with Gasteiger partial charge in [-0.2, -0.15) is 0 Å². The lowest BCUT2D eigenvalue weighted by atomic mass is 9.96. The van der Waals surface area contributed by atoms with Crippen molar-refractivity contribution >= 4 is 11.9 Å². The third kappa shape index (κ3) is 5.42. The number of carboxylic acid groups (broad SMARTS) is 1. The number of methoxy groups -OCH3 is 1. The van der Waals surface area contributed by atoms with E-state index in [1.807, 2.05) is 6.08 Å². The third-order valence-electron chi connectivity index (χ3n) is 4.30. The van der Waals surface area contributed by atoms with Gasteiger partial charge in [0.05, 0.1) is 25.1 Å². The predicted octanol–water partition coefficient (Wildman–Crippen LogP) is 0.912. The Morgan fingerprint density at radius 3 is 2.32 bits per heavy atom. The minimum Gasteiger partial charge on any atom is -0.481 e. The van der Waals surface area contributed by atoms with Crippen LogP contribution in [-0.4, -0.2) is 42.8 Å². The molecule has 2 aliphatic carbocycles. The van der Waals surface area contributed by atoms with Gasteiger partial charge in [-0.25, -0.2) is 0 Å². The van der Waals surface area contributed by atoms with Crippen LogP contribution in [0.25, 0.3) is 0 Å². The minimum atomic E-state index is -1.08. The molecule has 2 rings (SSSR count). The number of hydrogen-bond donors (Lipinski definition) is 3. The Labute approximate surface area is 131 Å². The topological polar surface area (TPSA) is 102 Å². The fourth-order valence-electron chi connectivity index (χ4n) is 2.82.